The molecule has 1 aliphatic rings. The van der Waals surface area contributed by atoms with Crippen LogP contribution >= 0.6 is 0 Å². The van der Waals surface area contributed by atoms with Crippen molar-refractivity contribution in [1.82, 2.24) is 15.4 Å². The van der Waals surface area contributed by atoms with Gasteiger partial charge in [0.1, 0.15) is 0 Å². The zero-order valence-electron chi connectivity index (χ0n) is 9.10. The minimum Gasteiger partial charge on any atom is -0.294 e. The van der Waals surface area contributed by atoms with E-state index in [-0.39, 0.29) is 11.8 Å². The molecule has 1 aromatic rings. The molecule has 0 aromatic carbocycles. The molecular weight excluding hydrogens is 204 g/mol. The Balaban J connectivity index is 1.93. The molecule has 0 radical (unpaired) electrons. The van der Waals surface area contributed by atoms with E-state index in [1.165, 1.54) is 0 Å². The number of hydrazine groups is 1. The number of carbonyl (C=O) groups is 1. The van der Waals surface area contributed by atoms with Gasteiger partial charge in [-0.1, -0.05) is 0 Å². The van der Waals surface area contributed by atoms with Gasteiger partial charge in [-0.3, -0.25) is 20.2 Å². The fraction of sp³-hybridized carbons (Fsp3) is 0.545. The van der Waals surface area contributed by atoms with Gasteiger partial charge in [-0.05, 0) is 25.7 Å². The lowest BCUT2D eigenvalue weighted by Crippen LogP contribution is -2.37. The number of rotatable bonds is 2. The van der Waals surface area contributed by atoms with Crippen molar-refractivity contribution in [3.05, 3.63) is 24.3 Å². The Morgan fingerprint density at radius 1 is 1.31 bits per heavy atom. The Labute approximate surface area is 94.4 Å². The van der Waals surface area contributed by atoms with Crippen molar-refractivity contribution in [1.29, 1.82) is 0 Å². The Kier molecular flexibility index (Phi) is 3.46. The first kappa shape index (κ1) is 11.0. The summed E-state index contributed by atoms with van der Waals surface area (Å²) < 4.78 is 0. The summed E-state index contributed by atoms with van der Waals surface area (Å²) in [6.45, 7) is 0. The lowest BCUT2D eigenvalue weighted by Gasteiger charge is -2.26. The number of nitrogens with one attached hydrogen (secondary N) is 1. The van der Waals surface area contributed by atoms with E-state index in [2.05, 4.69) is 15.4 Å². The van der Waals surface area contributed by atoms with E-state index in [9.17, 15) is 4.79 Å². The molecule has 1 aliphatic carbocycles. The maximum Gasteiger partial charge on any atom is 0.236 e. The maximum atomic E-state index is 11.3. The largest absolute Gasteiger partial charge is 0.294 e. The van der Waals surface area contributed by atoms with Gasteiger partial charge in [0, 0.05) is 30.4 Å². The first-order valence-corrected chi connectivity index (χ1v) is 5.57. The molecule has 0 saturated heterocycles. The lowest BCUT2D eigenvalue weighted by molar-refractivity contribution is -0.126. The van der Waals surface area contributed by atoms with Crippen molar-refractivity contribution in [3.8, 4) is 0 Å². The standard InChI is InChI=1S/C11H16N4O/c12-15-11(16)9-3-1-8(2-4-9)10-7-13-5-6-14-10/h5-9H,1-4,12H2,(H,15,16)/t8-,9-. The molecule has 1 fully saturated rings. The minimum absolute atomic E-state index is 0.0439. The molecule has 1 amide bonds. The van der Waals surface area contributed by atoms with Crippen molar-refractivity contribution in [3.63, 3.8) is 0 Å². The predicted octanol–water partition coefficient (Wildman–Crippen LogP) is 0.740. The predicted molar refractivity (Wildman–Crippen MR) is 59.1 cm³/mol. The smallest absolute Gasteiger partial charge is 0.236 e. The number of amides is 1. The van der Waals surface area contributed by atoms with E-state index < -0.39 is 0 Å². The van der Waals surface area contributed by atoms with E-state index in [1.807, 2.05) is 6.20 Å². The Hall–Kier alpha value is -1.49. The molecule has 5 heteroatoms. The summed E-state index contributed by atoms with van der Waals surface area (Å²) in [5, 5.41) is 0. The van der Waals surface area contributed by atoms with Crippen LogP contribution in [-0.4, -0.2) is 15.9 Å². The fourth-order valence-electron chi connectivity index (χ4n) is 2.29. The molecule has 3 N–H and O–H groups in total. The van der Waals surface area contributed by atoms with Crippen molar-refractivity contribution < 1.29 is 4.79 Å². The molecule has 2 rings (SSSR count). The summed E-state index contributed by atoms with van der Waals surface area (Å²) in [6.07, 6.45) is 8.93. The summed E-state index contributed by atoms with van der Waals surface area (Å²) in [4.78, 5) is 19.7. The normalized spacial score (nSPS) is 25.1. The second kappa shape index (κ2) is 5.03. The van der Waals surface area contributed by atoms with Crippen LogP contribution in [0.15, 0.2) is 18.6 Å². The lowest BCUT2D eigenvalue weighted by atomic mass is 9.80. The topological polar surface area (TPSA) is 80.9 Å². The summed E-state index contributed by atoms with van der Waals surface area (Å²) in [5.41, 5.74) is 3.26. The highest BCUT2D eigenvalue weighted by molar-refractivity contribution is 5.78. The second-order valence-corrected chi connectivity index (χ2v) is 4.19. The molecule has 0 atom stereocenters. The van der Waals surface area contributed by atoms with Crippen molar-refractivity contribution in [2.45, 2.75) is 31.6 Å². The summed E-state index contributed by atoms with van der Waals surface area (Å²) in [5.74, 6) is 5.59. The molecular formula is C11H16N4O. The van der Waals surface area contributed by atoms with Gasteiger partial charge in [-0.25, -0.2) is 5.84 Å². The van der Waals surface area contributed by atoms with Crippen LogP contribution in [0.1, 0.15) is 37.3 Å². The molecule has 0 unspecified atom stereocenters. The van der Waals surface area contributed by atoms with Gasteiger partial charge in [0.05, 0.1) is 5.69 Å². The molecule has 1 saturated carbocycles. The summed E-state index contributed by atoms with van der Waals surface area (Å²) in [6, 6.07) is 0. The van der Waals surface area contributed by atoms with Crippen LogP contribution in [0.4, 0.5) is 0 Å². The Morgan fingerprint density at radius 2 is 2.06 bits per heavy atom. The zero-order chi connectivity index (χ0) is 11.4. The number of hydrogen-bond acceptors (Lipinski definition) is 4. The Morgan fingerprint density at radius 3 is 2.62 bits per heavy atom. The molecule has 1 aromatic heterocycles. The first-order valence-electron chi connectivity index (χ1n) is 5.57. The van der Waals surface area contributed by atoms with Gasteiger partial charge in [0.2, 0.25) is 5.91 Å². The van der Waals surface area contributed by atoms with Gasteiger partial charge >= 0.3 is 0 Å². The van der Waals surface area contributed by atoms with Crippen LogP contribution in [0, 0.1) is 5.92 Å². The van der Waals surface area contributed by atoms with Crippen LogP contribution in [0.5, 0.6) is 0 Å². The van der Waals surface area contributed by atoms with E-state index in [1.54, 1.807) is 12.4 Å². The highest BCUT2D eigenvalue weighted by atomic mass is 16.2. The highest BCUT2D eigenvalue weighted by Gasteiger charge is 2.27. The SMILES string of the molecule is NNC(=O)[C@H]1CC[C@H](c2cnccn2)CC1. The third-order valence-corrected chi connectivity index (χ3v) is 3.24. The fourth-order valence-corrected chi connectivity index (χ4v) is 2.29. The van der Waals surface area contributed by atoms with E-state index in [4.69, 9.17) is 5.84 Å². The maximum absolute atomic E-state index is 11.3. The average molecular weight is 220 g/mol. The van der Waals surface area contributed by atoms with Crippen LogP contribution in [-0.2, 0) is 4.79 Å². The number of nitrogens with zero attached hydrogens (tertiary/aromatic N) is 2. The highest BCUT2D eigenvalue weighted by Crippen LogP contribution is 2.34. The summed E-state index contributed by atoms with van der Waals surface area (Å²) >= 11 is 0. The second-order valence-electron chi connectivity index (χ2n) is 4.19. The molecule has 5 nitrogen and oxygen atoms in total. The molecule has 0 bridgehead atoms. The molecule has 0 spiro atoms. The van der Waals surface area contributed by atoms with E-state index in [0.717, 1.165) is 31.4 Å². The van der Waals surface area contributed by atoms with Crippen LogP contribution in [0.3, 0.4) is 0 Å². The molecule has 16 heavy (non-hydrogen) atoms. The van der Waals surface area contributed by atoms with Crippen LogP contribution in [0.2, 0.25) is 0 Å². The van der Waals surface area contributed by atoms with Gasteiger partial charge in [0.25, 0.3) is 0 Å². The van der Waals surface area contributed by atoms with Crippen molar-refractivity contribution in [2.75, 3.05) is 0 Å². The number of carbonyl (C=O) groups excluding carboxylic acids is 1. The number of hydrogen-bond donors (Lipinski definition) is 2. The molecule has 0 aliphatic heterocycles. The van der Waals surface area contributed by atoms with Gasteiger partial charge in [-0.15, -0.1) is 0 Å². The number of aromatic nitrogens is 2. The Bertz CT molecular complexity index is 346. The molecule has 1 heterocycles. The zero-order valence-corrected chi connectivity index (χ0v) is 9.10. The summed E-state index contributed by atoms with van der Waals surface area (Å²) in [7, 11) is 0. The monoisotopic (exact) mass is 220 g/mol. The van der Waals surface area contributed by atoms with Gasteiger partial charge < -0.3 is 0 Å². The quantitative estimate of drug-likeness (QED) is 0.437. The first-order chi connectivity index (χ1) is 7.81. The van der Waals surface area contributed by atoms with Crippen LogP contribution in [0.25, 0.3) is 0 Å². The van der Waals surface area contributed by atoms with Gasteiger partial charge in [-0.2, -0.15) is 0 Å². The average Bonchev–Trinajstić information content (AvgIpc) is 2.39. The van der Waals surface area contributed by atoms with E-state index in [0.29, 0.717) is 5.92 Å². The molecule has 86 valence electrons. The third kappa shape index (κ3) is 2.36. The minimum atomic E-state index is -0.0439. The van der Waals surface area contributed by atoms with Crippen molar-refractivity contribution >= 4 is 5.91 Å². The van der Waals surface area contributed by atoms with Crippen LogP contribution < -0.4 is 11.3 Å². The van der Waals surface area contributed by atoms with Crippen molar-refractivity contribution in [2.24, 2.45) is 11.8 Å². The van der Waals surface area contributed by atoms with Gasteiger partial charge in [0.15, 0.2) is 0 Å². The number of nitrogens with two attached hydrogens (primary N) is 1. The third-order valence-electron chi connectivity index (χ3n) is 3.24. The van der Waals surface area contributed by atoms with E-state index >= 15 is 0 Å².